The standard InChI is InChI=1S/C6H13NS/c1-4-8-6(2)5-7-3/h6H,3-5H2,1-2H3/t6-/m0/s1. The van der Waals surface area contributed by atoms with Gasteiger partial charge in [0.25, 0.3) is 0 Å². The van der Waals surface area contributed by atoms with Gasteiger partial charge in [-0.05, 0) is 12.5 Å². The third kappa shape index (κ3) is 4.19. The molecule has 0 aliphatic carbocycles. The van der Waals surface area contributed by atoms with E-state index in [1.54, 1.807) is 0 Å². The van der Waals surface area contributed by atoms with Crippen molar-refractivity contribution < 1.29 is 0 Å². The monoisotopic (exact) mass is 131 g/mol. The van der Waals surface area contributed by atoms with Crippen LogP contribution in [0.5, 0.6) is 0 Å². The molecular formula is C6H13NS. The molecule has 0 aliphatic rings. The van der Waals surface area contributed by atoms with Gasteiger partial charge in [0.05, 0.1) is 0 Å². The predicted molar refractivity (Wildman–Crippen MR) is 42.0 cm³/mol. The lowest BCUT2D eigenvalue weighted by atomic mass is 10.5. The second kappa shape index (κ2) is 5.16. The maximum absolute atomic E-state index is 3.78. The normalized spacial score (nSPS) is 13.2. The summed E-state index contributed by atoms with van der Waals surface area (Å²) in [5.74, 6) is 1.18. The average molecular weight is 131 g/mol. The summed E-state index contributed by atoms with van der Waals surface area (Å²) in [6, 6.07) is 0. The zero-order valence-electron chi connectivity index (χ0n) is 5.55. The number of nitrogens with zero attached hydrogens (tertiary/aromatic N) is 1. The number of hydrogen-bond acceptors (Lipinski definition) is 2. The van der Waals surface area contributed by atoms with Crippen LogP contribution < -0.4 is 0 Å². The Bertz CT molecular complexity index is 63.5. The second-order valence-electron chi connectivity index (χ2n) is 1.67. The van der Waals surface area contributed by atoms with Crippen LogP contribution in [0.25, 0.3) is 0 Å². The minimum absolute atomic E-state index is 0.650. The molecule has 0 N–H and O–H groups in total. The van der Waals surface area contributed by atoms with E-state index >= 15 is 0 Å². The van der Waals surface area contributed by atoms with E-state index < -0.39 is 0 Å². The van der Waals surface area contributed by atoms with Crippen molar-refractivity contribution in [3.05, 3.63) is 0 Å². The first-order valence-electron chi connectivity index (χ1n) is 2.85. The van der Waals surface area contributed by atoms with Crippen molar-refractivity contribution in [3.63, 3.8) is 0 Å². The second-order valence-corrected chi connectivity index (χ2v) is 3.39. The number of hydrogen-bond donors (Lipinski definition) is 0. The molecule has 0 aliphatic heterocycles. The molecule has 48 valence electrons. The average Bonchev–Trinajstić information content (AvgIpc) is 1.68. The van der Waals surface area contributed by atoms with Crippen molar-refractivity contribution in [1.82, 2.24) is 0 Å². The Kier molecular flexibility index (Phi) is 5.18. The van der Waals surface area contributed by atoms with Gasteiger partial charge in [0.1, 0.15) is 0 Å². The highest BCUT2D eigenvalue weighted by atomic mass is 32.2. The molecule has 0 aromatic carbocycles. The molecule has 0 fully saturated rings. The number of thioether (sulfide) groups is 1. The van der Waals surface area contributed by atoms with Crippen LogP contribution in [0.1, 0.15) is 13.8 Å². The van der Waals surface area contributed by atoms with Crippen molar-refractivity contribution >= 4 is 18.5 Å². The Morgan fingerprint density at radius 3 is 2.75 bits per heavy atom. The van der Waals surface area contributed by atoms with Gasteiger partial charge in [-0.15, -0.1) is 0 Å². The van der Waals surface area contributed by atoms with Gasteiger partial charge in [-0.2, -0.15) is 11.8 Å². The van der Waals surface area contributed by atoms with Crippen LogP contribution in [-0.4, -0.2) is 24.3 Å². The van der Waals surface area contributed by atoms with E-state index in [0.717, 1.165) is 6.54 Å². The van der Waals surface area contributed by atoms with Gasteiger partial charge in [0.15, 0.2) is 0 Å². The Balaban J connectivity index is 3.03. The summed E-state index contributed by atoms with van der Waals surface area (Å²) in [5, 5.41) is 0.650. The quantitative estimate of drug-likeness (QED) is 0.530. The molecule has 0 spiro atoms. The first-order valence-corrected chi connectivity index (χ1v) is 3.90. The molecule has 0 aromatic rings. The fraction of sp³-hybridized carbons (Fsp3) is 0.833. The summed E-state index contributed by atoms with van der Waals surface area (Å²) < 4.78 is 0. The maximum Gasteiger partial charge on any atom is 0.0498 e. The molecule has 2 heteroatoms. The van der Waals surface area contributed by atoms with Crippen molar-refractivity contribution in [2.45, 2.75) is 19.1 Å². The zero-order valence-corrected chi connectivity index (χ0v) is 6.37. The molecule has 1 nitrogen and oxygen atoms in total. The highest BCUT2D eigenvalue weighted by molar-refractivity contribution is 7.99. The van der Waals surface area contributed by atoms with Gasteiger partial charge in [0.2, 0.25) is 0 Å². The van der Waals surface area contributed by atoms with Gasteiger partial charge in [-0.1, -0.05) is 13.8 Å². The van der Waals surface area contributed by atoms with Crippen LogP contribution in [0, 0.1) is 0 Å². The van der Waals surface area contributed by atoms with Crippen LogP contribution in [0.3, 0.4) is 0 Å². The lowest BCUT2D eigenvalue weighted by Gasteiger charge is -2.03. The van der Waals surface area contributed by atoms with Gasteiger partial charge in [-0.25, -0.2) is 0 Å². The predicted octanol–water partition coefficient (Wildman–Crippen LogP) is 1.83. The third-order valence-corrected chi connectivity index (χ3v) is 1.89. The highest BCUT2D eigenvalue weighted by Gasteiger charge is 1.95. The first-order chi connectivity index (χ1) is 3.81. The molecule has 0 radical (unpaired) electrons. The van der Waals surface area contributed by atoms with E-state index in [-0.39, 0.29) is 0 Å². The maximum atomic E-state index is 3.78. The van der Waals surface area contributed by atoms with E-state index in [0.29, 0.717) is 5.25 Å². The summed E-state index contributed by atoms with van der Waals surface area (Å²) in [6.45, 7) is 8.63. The minimum Gasteiger partial charge on any atom is -0.300 e. The lowest BCUT2D eigenvalue weighted by Crippen LogP contribution is -1.99. The molecule has 0 saturated carbocycles. The Morgan fingerprint density at radius 1 is 1.75 bits per heavy atom. The fourth-order valence-corrected chi connectivity index (χ4v) is 1.30. The van der Waals surface area contributed by atoms with Gasteiger partial charge >= 0.3 is 0 Å². The minimum atomic E-state index is 0.650. The topological polar surface area (TPSA) is 12.4 Å². The summed E-state index contributed by atoms with van der Waals surface area (Å²) in [6.07, 6.45) is 0. The molecule has 0 amide bonds. The molecular weight excluding hydrogens is 118 g/mol. The molecule has 0 rings (SSSR count). The molecule has 8 heavy (non-hydrogen) atoms. The molecule has 0 heterocycles. The van der Waals surface area contributed by atoms with E-state index in [4.69, 9.17) is 0 Å². The SMILES string of the molecule is C=NC[C@H](C)SCC. The largest absolute Gasteiger partial charge is 0.300 e. The fourth-order valence-electron chi connectivity index (χ4n) is 0.519. The van der Waals surface area contributed by atoms with Crippen molar-refractivity contribution in [2.24, 2.45) is 4.99 Å². The van der Waals surface area contributed by atoms with Crippen molar-refractivity contribution in [3.8, 4) is 0 Å². The molecule has 0 bridgehead atoms. The van der Waals surface area contributed by atoms with Gasteiger partial charge in [0, 0.05) is 11.8 Å². The Hall–Kier alpha value is 0.0200. The summed E-state index contributed by atoms with van der Waals surface area (Å²) in [7, 11) is 0. The number of rotatable bonds is 4. The summed E-state index contributed by atoms with van der Waals surface area (Å²) in [4.78, 5) is 3.78. The van der Waals surface area contributed by atoms with Crippen LogP contribution in [-0.2, 0) is 0 Å². The van der Waals surface area contributed by atoms with Gasteiger partial charge < -0.3 is 0 Å². The van der Waals surface area contributed by atoms with Gasteiger partial charge in [-0.3, -0.25) is 4.99 Å². The van der Waals surface area contributed by atoms with E-state index in [2.05, 4.69) is 25.6 Å². The molecule has 0 unspecified atom stereocenters. The van der Waals surface area contributed by atoms with Crippen LogP contribution >= 0.6 is 11.8 Å². The molecule has 1 atom stereocenters. The zero-order chi connectivity index (χ0) is 6.41. The molecule has 0 aromatic heterocycles. The summed E-state index contributed by atoms with van der Waals surface area (Å²) >= 11 is 1.92. The van der Waals surface area contributed by atoms with E-state index in [9.17, 15) is 0 Å². The van der Waals surface area contributed by atoms with E-state index in [1.807, 2.05) is 11.8 Å². The van der Waals surface area contributed by atoms with Crippen LogP contribution in [0.15, 0.2) is 4.99 Å². The van der Waals surface area contributed by atoms with Crippen molar-refractivity contribution in [2.75, 3.05) is 12.3 Å². The Morgan fingerprint density at radius 2 is 2.38 bits per heavy atom. The van der Waals surface area contributed by atoms with Crippen LogP contribution in [0.4, 0.5) is 0 Å². The van der Waals surface area contributed by atoms with E-state index in [1.165, 1.54) is 5.75 Å². The highest BCUT2D eigenvalue weighted by Crippen LogP contribution is 2.08. The van der Waals surface area contributed by atoms with Crippen molar-refractivity contribution in [1.29, 1.82) is 0 Å². The smallest absolute Gasteiger partial charge is 0.0498 e. The Labute approximate surface area is 55.6 Å². The summed E-state index contributed by atoms with van der Waals surface area (Å²) in [5.41, 5.74) is 0. The number of aliphatic imine (C=N–C) groups is 1. The lowest BCUT2D eigenvalue weighted by molar-refractivity contribution is 0.959. The third-order valence-electron chi connectivity index (χ3n) is 0.837. The van der Waals surface area contributed by atoms with Crippen LogP contribution in [0.2, 0.25) is 0 Å². The molecule has 0 saturated heterocycles. The first kappa shape index (κ1) is 8.02.